The number of nitrogens with zero attached hydrogens (tertiary/aromatic N) is 2. The standard InChI is InChI=1S/C17H27N3O/c1-4-20(11-7-10-19(2)3)13-15(18)17-12-14-8-5-6-9-16(14)21-17/h5-6,8-9,12,15H,4,7,10-11,13,18H2,1-3H3. The normalized spacial score (nSPS) is 13.4. The highest BCUT2D eigenvalue weighted by molar-refractivity contribution is 5.77. The van der Waals surface area contributed by atoms with Gasteiger partial charge in [0.15, 0.2) is 0 Å². The van der Waals surface area contributed by atoms with Gasteiger partial charge in [-0.2, -0.15) is 0 Å². The first-order valence-electron chi connectivity index (χ1n) is 7.71. The number of furan rings is 1. The Balaban J connectivity index is 1.93. The number of nitrogens with two attached hydrogens (primary N) is 1. The van der Waals surface area contributed by atoms with Crippen molar-refractivity contribution in [2.75, 3.05) is 40.3 Å². The van der Waals surface area contributed by atoms with Crippen molar-refractivity contribution in [1.29, 1.82) is 0 Å². The second-order valence-electron chi connectivity index (χ2n) is 5.84. The minimum Gasteiger partial charge on any atom is -0.459 e. The van der Waals surface area contributed by atoms with E-state index in [9.17, 15) is 0 Å². The van der Waals surface area contributed by atoms with Crippen LogP contribution in [0.15, 0.2) is 34.7 Å². The van der Waals surface area contributed by atoms with E-state index in [1.165, 1.54) is 0 Å². The Morgan fingerprint density at radius 2 is 1.95 bits per heavy atom. The summed E-state index contributed by atoms with van der Waals surface area (Å²) in [6.07, 6.45) is 1.16. The molecular weight excluding hydrogens is 262 g/mol. The molecule has 2 rings (SSSR count). The van der Waals surface area contributed by atoms with E-state index in [4.69, 9.17) is 10.2 Å². The van der Waals surface area contributed by atoms with E-state index in [1.807, 2.05) is 18.2 Å². The predicted octanol–water partition coefficient (Wildman–Crippen LogP) is 2.71. The molecule has 1 atom stereocenters. The largest absolute Gasteiger partial charge is 0.459 e. The summed E-state index contributed by atoms with van der Waals surface area (Å²) < 4.78 is 5.86. The Bertz CT molecular complexity index is 517. The van der Waals surface area contributed by atoms with Gasteiger partial charge in [0, 0.05) is 11.9 Å². The molecule has 0 bridgehead atoms. The molecule has 116 valence electrons. The van der Waals surface area contributed by atoms with Crippen LogP contribution in [-0.2, 0) is 0 Å². The maximum absolute atomic E-state index is 6.32. The number of benzene rings is 1. The molecule has 0 amide bonds. The van der Waals surface area contributed by atoms with Gasteiger partial charge >= 0.3 is 0 Å². The molecule has 0 spiro atoms. The summed E-state index contributed by atoms with van der Waals surface area (Å²) in [5.74, 6) is 0.877. The summed E-state index contributed by atoms with van der Waals surface area (Å²) in [4.78, 5) is 4.61. The summed E-state index contributed by atoms with van der Waals surface area (Å²) in [6.45, 7) is 6.21. The molecule has 1 unspecified atom stereocenters. The average Bonchev–Trinajstić information content (AvgIpc) is 2.89. The van der Waals surface area contributed by atoms with E-state index in [-0.39, 0.29) is 6.04 Å². The fourth-order valence-corrected chi connectivity index (χ4v) is 2.54. The van der Waals surface area contributed by atoms with Crippen molar-refractivity contribution in [3.63, 3.8) is 0 Å². The molecular formula is C17H27N3O. The monoisotopic (exact) mass is 289 g/mol. The molecule has 0 saturated carbocycles. The van der Waals surface area contributed by atoms with Gasteiger partial charge in [-0.1, -0.05) is 25.1 Å². The molecule has 2 N–H and O–H groups in total. The van der Waals surface area contributed by atoms with Crippen LogP contribution in [0.2, 0.25) is 0 Å². The number of fused-ring (bicyclic) bond motifs is 1. The van der Waals surface area contributed by atoms with Gasteiger partial charge in [-0.25, -0.2) is 0 Å². The zero-order valence-corrected chi connectivity index (χ0v) is 13.4. The molecule has 0 aliphatic heterocycles. The van der Waals surface area contributed by atoms with Crippen LogP contribution < -0.4 is 5.73 Å². The van der Waals surface area contributed by atoms with E-state index < -0.39 is 0 Å². The Morgan fingerprint density at radius 3 is 2.62 bits per heavy atom. The van der Waals surface area contributed by atoms with Crippen LogP contribution in [0, 0.1) is 0 Å². The van der Waals surface area contributed by atoms with Gasteiger partial charge in [0.2, 0.25) is 0 Å². The van der Waals surface area contributed by atoms with Crippen molar-refractivity contribution in [2.45, 2.75) is 19.4 Å². The summed E-state index contributed by atoms with van der Waals surface area (Å²) in [6, 6.07) is 10.0. The minimum atomic E-state index is -0.0725. The molecule has 1 aromatic heterocycles. The van der Waals surface area contributed by atoms with Gasteiger partial charge in [0.1, 0.15) is 11.3 Å². The second-order valence-corrected chi connectivity index (χ2v) is 5.84. The first-order valence-corrected chi connectivity index (χ1v) is 7.71. The van der Waals surface area contributed by atoms with Crippen LogP contribution in [0.25, 0.3) is 11.0 Å². The lowest BCUT2D eigenvalue weighted by atomic mass is 10.2. The topological polar surface area (TPSA) is 45.6 Å². The molecule has 1 aromatic carbocycles. The van der Waals surface area contributed by atoms with Crippen LogP contribution in [0.1, 0.15) is 25.1 Å². The lowest BCUT2D eigenvalue weighted by molar-refractivity contribution is 0.244. The molecule has 21 heavy (non-hydrogen) atoms. The Hall–Kier alpha value is -1.36. The number of hydrogen-bond donors (Lipinski definition) is 1. The van der Waals surface area contributed by atoms with Gasteiger partial charge in [0.25, 0.3) is 0 Å². The van der Waals surface area contributed by atoms with Crippen LogP contribution in [-0.4, -0.2) is 50.1 Å². The van der Waals surface area contributed by atoms with Gasteiger partial charge in [0.05, 0.1) is 6.04 Å². The number of rotatable bonds is 8. The van der Waals surface area contributed by atoms with E-state index >= 15 is 0 Å². The van der Waals surface area contributed by atoms with E-state index in [2.05, 4.69) is 43.0 Å². The maximum atomic E-state index is 6.32. The second kappa shape index (κ2) is 7.59. The fourth-order valence-electron chi connectivity index (χ4n) is 2.54. The van der Waals surface area contributed by atoms with Gasteiger partial charge in [-0.05, 0) is 52.3 Å². The molecule has 0 saturated heterocycles. The Morgan fingerprint density at radius 1 is 1.19 bits per heavy atom. The quantitative estimate of drug-likeness (QED) is 0.811. The van der Waals surface area contributed by atoms with Crippen molar-refractivity contribution in [1.82, 2.24) is 9.80 Å². The molecule has 1 heterocycles. The third-order valence-corrected chi connectivity index (χ3v) is 3.79. The lowest BCUT2D eigenvalue weighted by Crippen LogP contribution is -2.33. The summed E-state index contributed by atoms with van der Waals surface area (Å²) in [7, 11) is 4.22. The Labute approximate surface area is 127 Å². The molecule has 4 nitrogen and oxygen atoms in total. The van der Waals surface area contributed by atoms with E-state index in [0.29, 0.717) is 0 Å². The van der Waals surface area contributed by atoms with Crippen LogP contribution in [0.5, 0.6) is 0 Å². The minimum absolute atomic E-state index is 0.0725. The first-order chi connectivity index (χ1) is 10.1. The number of likely N-dealkylation sites (N-methyl/N-ethyl adjacent to an activating group) is 1. The summed E-state index contributed by atoms with van der Waals surface area (Å²) in [5.41, 5.74) is 7.24. The third kappa shape index (κ3) is 4.56. The fraction of sp³-hybridized carbons (Fsp3) is 0.529. The van der Waals surface area contributed by atoms with Gasteiger partial charge in [-0.15, -0.1) is 0 Å². The highest BCUT2D eigenvalue weighted by atomic mass is 16.3. The molecule has 0 fully saturated rings. The maximum Gasteiger partial charge on any atom is 0.134 e. The summed E-state index contributed by atoms with van der Waals surface area (Å²) >= 11 is 0. The molecule has 0 aliphatic rings. The van der Waals surface area contributed by atoms with Crippen molar-refractivity contribution in [2.24, 2.45) is 5.73 Å². The van der Waals surface area contributed by atoms with Crippen LogP contribution >= 0.6 is 0 Å². The molecule has 0 radical (unpaired) electrons. The van der Waals surface area contributed by atoms with Gasteiger partial charge in [-0.3, -0.25) is 0 Å². The third-order valence-electron chi connectivity index (χ3n) is 3.79. The van der Waals surface area contributed by atoms with Crippen molar-refractivity contribution in [3.05, 3.63) is 36.1 Å². The summed E-state index contributed by atoms with van der Waals surface area (Å²) in [5, 5.41) is 1.12. The molecule has 2 aromatic rings. The van der Waals surface area contributed by atoms with Crippen LogP contribution in [0.4, 0.5) is 0 Å². The zero-order chi connectivity index (χ0) is 15.2. The van der Waals surface area contributed by atoms with Gasteiger partial charge < -0.3 is 20.0 Å². The lowest BCUT2D eigenvalue weighted by Gasteiger charge is -2.23. The first kappa shape index (κ1) is 16.0. The Kier molecular flexibility index (Phi) is 5.79. The average molecular weight is 289 g/mol. The number of para-hydroxylation sites is 1. The van der Waals surface area contributed by atoms with Crippen molar-refractivity contribution >= 4 is 11.0 Å². The molecule has 0 aliphatic carbocycles. The highest BCUT2D eigenvalue weighted by Gasteiger charge is 2.15. The predicted molar refractivity (Wildman–Crippen MR) is 88.4 cm³/mol. The van der Waals surface area contributed by atoms with E-state index in [0.717, 1.165) is 49.3 Å². The smallest absolute Gasteiger partial charge is 0.134 e. The highest BCUT2D eigenvalue weighted by Crippen LogP contribution is 2.23. The van der Waals surface area contributed by atoms with Crippen molar-refractivity contribution < 1.29 is 4.42 Å². The van der Waals surface area contributed by atoms with E-state index in [1.54, 1.807) is 0 Å². The van der Waals surface area contributed by atoms with Crippen LogP contribution in [0.3, 0.4) is 0 Å². The number of hydrogen-bond acceptors (Lipinski definition) is 4. The van der Waals surface area contributed by atoms with Crippen molar-refractivity contribution in [3.8, 4) is 0 Å². The zero-order valence-electron chi connectivity index (χ0n) is 13.4. The SMILES string of the molecule is CCN(CCCN(C)C)CC(N)c1cc2ccccc2o1. The molecule has 4 heteroatoms.